The molecule has 0 spiro atoms. The van der Waals surface area contributed by atoms with Crippen molar-refractivity contribution < 1.29 is 23.5 Å². The molecular formula is C24H23N3O5S. The molecule has 5 rings (SSSR count). The normalized spacial score (nSPS) is 16.0. The molecule has 1 unspecified atom stereocenters. The summed E-state index contributed by atoms with van der Waals surface area (Å²) in [6.45, 7) is 3.04. The van der Waals surface area contributed by atoms with Crippen molar-refractivity contribution in [3.8, 4) is 11.5 Å². The van der Waals surface area contributed by atoms with Crippen LogP contribution in [0.3, 0.4) is 0 Å². The molecule has 0 aliphatic carbocycles. The smallest absolute Gasteiger partial charge is 0.264 e. The number of nitrogens with zero attached hydrogens (tertiary/aromatic N) is 2. The van der Waals surface area contributed by atoms with Crippen molar-refractivity contribution in [3.05, 3.63) is 52.7 Å². The molecule has 0 radical (unpaired) electrons. The van der Waals surface area contributed by atoms with Gasteiger partial charge in [-0.2, -0.15) is 0 Å². The molecule has 1 saturated heterocycles. The second-order valence-corrected chi connectivity index (χ2v) is 8.96. The SMILES string of the molecule is CNC(=O)c1c(C)oc2cc(Oc3ccnc4cc(C(=O)N5CCC(OC)C5)sc34)ccc12. The first-order valence-electron chi connectivity index (χ1n) is 10.6. The van der Waals surface area contributed by atoms with Crippen LogP contribution in [0.15, 0.2) is 40.9 Å². The number of nitrogens with one attached hydrogen (secondary N) is 1. The van der Waals surface area contributed by atoms with E-state index < -0.39 is 0 Å². The van der Waals surface area contributed by atoms with E-state index in [4.69, 9.17) is 13.9 Å². The Morgan fingerprint density at radius 1 is 1.27 bits per heavy atom. The van der Waals surface area contributed by atoms with Gasteiger partial charge < -0.3 is 24.1 Å². The molecule has 1 N–H and O–H groups in total. The van der Waals surface area contributed by atoms with Crippen LogP contribution < -0.4 is 10.1 Å². The number of ether oxygens (including phenoxy) is 2. The van der Waals surface area contributed by atoms with Gasteiger partial charge in [0.05, 0.1) is 26.8 Å². The maximum absolute atomic E-state index is 13.0. The van der Waals surface area contributed by atoms with Crippen molar-refractivity contribution >= 4 is 44.3 Å². The zero-order chi connectivity index (χ0) is 23.1. The molecule has 8 nitrogen and oxygen atoms in total. The summed E-state index contributed by atoms with van der Waals surface area (Å²) >= 11 is 1.37. The molecule has 4 heterocycles. The summed E-state index contributed by atoms with van der Waals surface area (Å²) in [6.07, 6.45) is 2.59. The predicted octanol–water partition coefficient (Wildman–Crippen LogP) is 4.36. The number of aromatic nitrogens is 1. The Morgan fingerprint density at radius 2 is 2.12 bits per heavy atom. The van der Waals surface area contributed by atoms with Crippen LogP contribution in [0.25, 0.3) is 21.2 Å². The molecule has 2 amide bonds. The molecule has 4 aromatic rings. The Bertz CT molecular complexity index is 1380. The molecule has 0 saturated carbocycles. The topological polar surface area (TPSA) is 93.9 Å². The van der Waals surface area contributed by atoms with Crippen LogP contribution in [-0.4, -0.2) is 55.0 Å². The second-order valence-electron chi connectivity index (χ2n) is 7.90. The highest BCUT2D eigenvalue weighted by Gasteiger charge is 2.28. The first kappa shape index (κ1) is 21.4. The lowest BCUT2D eigenvalue weighted by Crippen LogP contribution is -2.29. The number of thiophene rings is 1. The van der Waals surface area contributed by atoms with Gasteiger partial charge in [-0.25, -0.2) is 0 Å². The monoisotopic (exact) mass is 465 g/mol. The van der Waals surface area contributed by atoms with Gasteiger partial charge in [0.2, 0.25) is 0 Å². The van der Waals surface area contributed by atoms with E-state index in [2.05, 4.69) is 10.3 Å². The van der Waals surface area contributed by atoms with Crippen LogP contribution in [-0.2, 0) is 4.74 Å². The molecule has 33 heavy (non-hydrogen) atoms. The molecule has 1 fully saturated rings. The molecular weight excluding hydrogens is 442 g/mol. The minimum atomic E-state index is -0.193. The zero-order valence-electron chi connectivity index (χ0n) is 18.5. The number of furan rings is 1. The maximum Gasteiger partial charge on any atom is 0.264 e. The minimum absolute atomic E-state index is 0.0160. The third-order valence-corrected chi connectivity index (χ3v) is 7.00. The third kappa shape index (κ3) is 3.83. The Balaban J connectivity index is 1.44. The van der Waals surface area contributed by atoms with E-state index in [0.29, 0.717) is 51.9 Å². The van der Waals surface area contributed by atoms with Gasteiger partial charge in [-0.15, -0.1) is 11.3 Å². The number of carbonyl (C=O) groups is 2. The Labute approximate surface area is 194 Å². The van der Waals surface area contributed by atoms with Gasteiger partial charge >= 0.3 is 0 Å². The molecule has 0 bridgehead atoms. The molecule has 1 aromatic carbocycles. The molecule has 3 aromatic heterocycles. The highest BCUT2D eigenvalue weighted by atomic mass is 32.1. The van der Waals surface area contributed by atoms with Crippen molar-refractivity contribution in [1.82, 2.24) is 15.2 Å². The fourth-order valence-corrected chi connectivity index (χ4v) is 5.19. The average molecular weight is 466 g/mol. The summed E-state index contributed by atoms with van der Waals surface area (Å²) in [5, 5.41) is 3.36. The van der Waals surface area contributed by atoms with Crippen LogP contribution in [0.4, 0.5) is 0 Å². The predicted molar refractivity (Wildman–Crippen MR) is 125 cm³/mol. The first-order chi connectivity index (χ1) is 16.0. The highest BCUT2D eigenvalue weighted by Crippen LogP contribution is 2.37. The number of hydrogen-bond acceptors (Lipinski definition) is 7. The molecule has 1 aliphatic heterocycles. The van der Waals surface area contributed by atoms with E-state index in [-0.39, 0.29) is 17.9 Å². The van der Waals surface area contributed by atoms with E-state index in [1.807, 2.05) is 17.0 Å². The van der Waals surface area contributed by atoms with Gasteiger partial charge in [0, 0.05) is 51.0 Å². The third-order valence-electron chi connectivity index (χ3n) is 5.87. The number of hydrogen-bond donors (Lipinski definition) is 1. The lowest BCUT2D eigenvalue weighted by Gasteiger charge is -2.14. The Hall–Kier alpha value is -3.43. The second kappa shape index (κ2) is 8.49. The summed E-state index contributed by atoms with van der Waals surface area (Å²) in [4.78, 5) is 32.0. The van der Waals surface area contributed by atoms with Gasteiger partial charge in [-0.05, 0) is 31.5 Å². The number of benzene rings is 1. The number of carbonyl (C=O) groups excluding carboxylic acids is 2. The van der Waals surface area contributed by atoms with Crippen LogP contribution >= 0.6 is 11.3 Å². The molecule has 170 valence electrons. The summed E-state index contributed by atoms with van der Waals surface area (Å²) in [6, 6.07) is 8.95. The number of amides is 2. The summed E-state index contributed by atoms with van der Waals surface area (Å²) in [5.41, 5.74) is 1.79. The fraction of sp³-hybridized carbons (Fsp3) is 0.292. The molecule has 1 atom stereocenters. The van der Waals surface area contributed by atoms with Gasteiger partial charge in [-0.1, -0.05) is 0 Å². The van der Waals surface area contributed by atoms with Crippen molar-refractivity contribution in [1.29, 1.82) is 0 Å². The van der Waals surface area contributed by atoms with Crippen LogP contribution in [0, 0.1) is 6.92 Å². The van der Waals surface area contributed by atoms with Crippen LogP contribution in [0.1, 0.15) is 32.2 Å². The lowest BCUT2D eigenvalue weighted by molar-refractivity contribution is 0.0728. The van der Waals surface area contributed by atoms with Crippen molar-refractivity contribution in [2.24, 2.45) is 0 Å². The number of pyridine rings is 1. The number of aryl methyl sites for hydroxylation is 1. The van der Waals surface area contributed by atoms with Gasteiger partial charge in [0.1, 0.15) is 22.8 Å². The first-order valence-corrected chi connectivity index (χ1v) is 11.4. The largest absolute Gasteiger partial charge is 0.460 e. The van der Waals surface area contributed by atoms with Crippen molar-refractivity contribution in [2.75, 3.05) is 27.2 Å². The molecule has 1 aliphatic rings. The number of likely N-dealkylation sites (tertiary alicyclic amines) is 1. The van der Waals surface area contributed by atoms with Gasteiger partial charge in [0.15, 0.2) is 0 Å². The van der Waals surface area contributed by atoms with Gasteiger partial charge in [-0.3, -0.25) is 14.6 Å². The summed E-state index contributed by atoms with van der Waals surface area (Å²) < 4.78 is 18.1. The van der Waals surface area contributed by atoms with Crippen LogP contribution in [0.2, 0.25) is 0 Å². The Kier molecular flexibility index (Phi) is 5.51. The quantitative estimate of drug-likeness (QED) is 0.471. The van der Waals surface area contributed by atoms with E-state index in [1.165, 1.54) is 11.3 Å². The number of methoxy groups -OCH3 is 1. The van der Waals surface area contributed by atoms with E-state index in [1.54, 1.807) is 45.5 Å². The van der Waals surface area contributed by atoms with Crippen molar-refractivity contribution in [3.63, 3.8) is 0 Å². The summed E-state index contributed by atoms with van der Waals surface area (Å²) in [7, 11) is 3.26. The number of rotatable bonds is 5. The maximum atomic E-state index is 13.0. The van der Waals surface area contributed by atoms with E-state index in [0.717, 1.165) is 16.5 Å². The van der Waals surface area contributed by atoms with Gasteiger partial charge in [0.25, 0.3) is 11.8 Å². The molecule has 9 heteroatoms. The highest BCUT2D eigenvalue weighted by molar-refractivity contribution is 7.21. The van der Waals surface area contributed by atoms with Crippen LogP contribution in [0.5, 0.6) is 11.5 Å². The number of fused-ring (bicyclic) bond motifs is 2. The fourth-order valence-electron chi connectivity index (χ4n) is 4.16. The summed E-state index contributed by atoms with van der Waals surface area (Å²) in [5.74, 6) is 1.51. The average Bonchev–Trinajstić information content (AvgIpc) is 3.54. The minimum Gasteiger partial charge on any atom is -0.460 e. The lowest BCUT2D eigenvalue weighted by atomic mass is 10.1. The van der Waals surface area contributed by atoms with Crippen molar-refractivity contribution in [2.45, 2.75) is 19.4 Å². The van der Waals surface area contributed by atoms with E-state index in [9.17, 15) is 9.59 Å². The van der Waals surface area contributed by atoms with E-state index >= 15 is 0 Å². The zero-order valence-corrected chi connectivity index (χ0v) is 19.3. The standard InChI is InChI=1S/C24H23N3O5S/c1-13-21(23(28)25-2)16-5-4-14(10-19(16)31-13)32-18-6-8-26-17-11-20(33-22(17)18)24(29)27-9-7-15(12-27)30-3/h4-6,8,10-11,15H,7,9,12H2,1-3H3,(H,25,28). The Morgan fingerprint density at radius 3 is 2.88 bits per heavy atom.